The first-order valence-corrected chi connectivity index (χ1v) is 8.70. The smallest absolute Gasteiger partial charge is 0.306 e. The summed E-state index contributed by atoms with van der Waals surface area (Å²) in [6.45, 7) is 0.797. The Balaban J connectivity index is 1.82. The molecule has 1 aliphatic rings. The van der Waals surface area contributed by atoms with E-state index in [0.29, 0.717) is 5.56 Å². The first kappa shape index (κ1) is 19.5. The molecule has 0 bridgehead atoms. The first-order chi connectivity index (χ1) is 12.4. The number of hydrogen-bond acceptors (Lipinski definition) is 6. The van der Waals surface area contributed by atoms with Crippen molar-refractivity contribution in [1.29, 1.82) is 10.7 Å². The molecule has 0 fully saturated rings. The van der Waals surface area contributed by atoms with Crippen LogP contribution in [-0.2, 0) is 27.2 Å². The Labute approximate surface area is 152 Å². The largest absolute Gasteiger partial charge is 0.458 e. The standard InChI is InChI=1S/C20H22N2O4/c1-13(22)17(11-21)19(24)12-26-20(25)9-8-18(23)16-7-6-14-4-2-3-5-15(14)10-16/h6-7,10,17,22H,2-5,8-9,12H2,1H3. The lowest BCUT2D eigenvalue weighted by Gasteiger charge is -2.16. The molecule has 0 saturated carbocycles. The van der Waals surface area contributed by atoms with E-state index in [4.69, 9.17) is 15.4 Å². The van der Waals surface area contributed by atoms with Crippen molar-refractivity contribution >= 4 is 23.2 Å². The molecule has 1 aliphatic carbocycles. The normalized spacial score (nSPS) is 13.8. The minimum atomic E-state index is -1.19. The molecule has 0 aromatic heterocycles. The molecule has 6 nitrogen and oxygen atoms in total. The maximum Gasteiger partial charge on any atom is 0.306 e. The molecule has 26 heavy (non-hydrogen) atoms. The summed E-state index contributed by atoms with van der Waals surface area (Å²) in [6.07, 6.45) is 4.22. The molecule has 1 atom stereocenters. The van der Waals surface area contributed by atoms with Crippen LogP contribution in [0.1, 0.15) is 54.1 Å². The van der Waals surface area contributed by atoms with Crippen molar-refractivity contribution in [2.45, 2.75) is 45.4 Å². The van der Waals surface area contributed by atoms with Crippen molar-refractivity contribution in [2.75, 3.05) is 6.61 Å². The zero-order valence-corrected chi connectivity index (χ0v) is 14.8. The summed E-state index contributed by atoms with van der Waals surface area (Å²) in [6, 6.07) is 7.40. The number of nitrogens with zero attached hydrogens (tertiary/aromatic N) is 1. The number of aryl methyl sites for hydroxylation is 2. The first-order valence-electron chi connectivity index (χ1n) is 8.70. The summed E-state index contributed by atoms with van der Waals surface area (Å²) >= 11 is 0. The van der Waals surface area contributed by atoms with Gasteiger partial charge in [-0.05, 0) is 49.8 Å². The Hall–Kier alpha value is -2.81. The highest BCUT2D eigenvalue weighted by Gasteiger charge is 2.21. The Morgan fingerprint density at radius 2 is 1.88 bits per heavy atom. The van der Waals surface area contributed by atoms with Gasteiger partial charge < -0.3 is 10.1 Å². The van der Waals surface area contributed by atoms with Gasteiger partial charge in [-0.25, -0.2) is 0 Å². The van der Waals surface area contributed by atoms with Crippen LogP contribution in [0.25, 0.3) is 0 Å². The molecule has 1 aromatic rings. The molecule has 0 saturated heterocycles. The van der Waals surface area contributed by atoms with Gasteiger partial charge in [0.25, 0.3) is 0 Å². The molecule has 1 unspecified atom stereocenters. The number of rotatable bonds is 8. The molecule has 0 amide bonds. The monoisotopic (exact) mass is 354 g/mol. The van der Waals surface area contributed by atoms with Crippen molar-refractivity contribution in [3.8, 4) is 6.07 Å². The Kier molecular flexibility index (Phi) is 6.79. The van der Waals surface area contributed by atoms with Crippen LogP contribution in [-0.4, -0.2) is 29.9 Å². The third-order valence-electron chi connectivity index (χ3n) is 4.49. The second-order valence-electron chi connectivity index (χ2n) is 6.49. The maximum atomic E-state index is 12.3. The van der Waals surface area contributed by atoms with E-state index in [0.717, 1.165) is 19.3 Å². The van der Waals surface area contributed by atoms with Crippen LogP contribution < -0.4 is 0 Å². The molecule has 0 heterocycles. The SMILES string of the molecule is CC(=N)C(C#N)C(=O)COC(=O)CCC(=O)c1ccc2c(c1)CCCC2. The predicted octanol–water partition coefficient (Wildman–Crippen LogP) is 2.82. The molecule has 0 spiro atoms. The van der Waals surface area contributed by atoms with Gasteiger partial charge in [0.1, 0.15) is 5.92 Å². The number of carbonyl (C=O) groups is 3. The molecular weight excluding hydrogens is 332 g/mol. The number of carbonyl (C=O) groups excluding carboxylic acids is 3. The van der Waals surface area contributed by atoms with E-state index in [2.05, 4.69) is 0 Å². The van der Waals surface area contributed by atoms with Crippen molar-refractivity contribution in [1.82, 2.24) is 0 Å². The third kappa shape index (κ3) is 5.09. The van der Waals surface area contributed by atoms with Gasteiger partial charge >= 0.3 is 5.97 Å². The average molecular weight is 354 g/mol. The van der Waals surface area contributed by atoms with Crippen molar-refractivity contribution in [3.05, 3.63) is 34.9 Å². The predicted molar refractivity (Wildman–Crippen MR) is 95.1 cm³/mol. The molecule has 0 radical (unpaired) electrons. The van der Waals surface area contributed by atoms with Crippen LogP contribution >= 0.6 is 0 Å². The quantitative estimate of drug-likeness (QED) is 0.439. The number of ether oxygens (including phenoxy) is 1. The van der Waals surface area contributed by atoms with Crippen LogP contribution in [0, 0.1) is 22.7 Å². The number of hydrogen-bond donors (Lipinski definition) is 1. The van der Waals surface area contributed by atoms with Gasteiger partial charge in [0, 0.05) is 17.7 Å². The molecule has 1 N–H and O–H groups in total. The number of ketones is 2. The van der Waals surface area contributed by atoms with Crippen molar-refractivity contribution in [2.24, 2.45) is 5.92 Å². The van der Waals surface area contributed by atoms with Crippen LogP contribution in [0.2, 0.25) is 0 Å². The zero-order valence-electron chi connectivity index (χ0n) is 14.8. The van der Waals surface area contributed by atoms with Crippen LogP contribution in [0.3, 0.4) is 0 Å². The van der Waals surface area contributed by atoms with Crippen molar-refractivity contribution < 1.29 is 19.1 Å². The van der Waals surface area contributed by atoms with Gasteiger partial charge in [-0.15, -0.1) is 0 Å². The molecule has 6 heteroatoms. The van der Waals surface area contributed by atoms with E-state index in [1.165, 1.54) is 24.5 Å². The number of esters is 1. The number of nitrogens with one attached hydrogen (secondary N) is 1. The highest BCUT2D eigenvalue weighted by Crippen LogP contribution is 2.23. The van der Waals surface area contributed by atoms with Crippen LogP contribution in [0.4, 0.5) is 0 Å². The topological polar surface area (TPSA) is 108 Å². The van der Waals surface area contributed by atoms with Gasteiger partial charge in [-0.2, -0.15) is 5.26 Å². The lowest BCUT2D eigenvalue weighted by Crippen LogP contribution is -2.25. The molecule has 136 valence electrons. The minimum absolute atomic E-state index is 0.0110. The summed E-state index contributed by atoms with van der Waals surface area (Å²) in [4.78, 5) is 35.7. The van der Waals surface area contributed by atoms with Crippen LogP contribution in [0.15, 0.2) is 18.2 Å². The summed E-state index contributed by atoms with van der Waals surface area (Å²) in [5, 5.41) is 16.2. The van der Waals surface area contributed by atoms with Gasteiger partial charge in [0.2, 0.25) is 0 Å². The molecule has 1 aromatic carbocycles. The molecule has 0 aliphatic heterocycles. The van der Waals surface area contributed by atoms with Gasteiger partial charge in [-0.3, -0.25) is 14.4 Å². The Bertz CT molecular complexity index is 777. The van der Waals surface area contributed by atoms with E-state index in [9.17, 15) is 14.4 Å². The second-order valence-corrected chi connectivity index (χ2v) is 6.49. The van der Waals surface area contributed by atoms with Crippen molar-refractivity contribution in [3.63, 3.8) is 0 Å². The average Bonchev–Trinajstić information content (AvgIpc) is 2.64. The lowest BCUT2D eigenvalue weighted by molar-refractivity contribution is -0.148. The molecular formula is C20H22N2O4. The van der Waals surface area contributed by atoms with E-state index in [-0.39, 0.29) is 24.3 Å². The van der Waals surface area contributed by atoms with Gasteiger partial charge in [0.15, 0.2) is 18.2 Å². The molecule has 2 rings (SSSR count). The highest BCUT2D eigenvalue weighted by atomic mass is 16.5. The summed E-state index contributed by atoms with van der Waals surface area (Å²) in [5.41, 5.74) is 3.01. The second kappa shape index (κ2) is 9.04. The fraction of sp³-hybridized carbons (Fsp3) is 0.450. The number of benzene rings is 1. The maximum absolute atomic E-state index is 12.3. The van der Waals surface area contributed by atoms with Gasteiger partial charge in [0.05, 0.1) is 12.5 Å². The highest BCUT2D eigenvalue weighted by molar-refractivity contribution is 6.06. The van der Waals surface area contributed by atoms with E-state index < -0.39 is 24.3 Å². The third-order valence-corrected chi connectivity index (χ3v) is 4.49. The number of fused-ring (bicyclic) bond motifs is 1. The van der Waals surface area contributed by atoms with E-state index in [1.54, 1.807) is 12.1 Å². The summed E-state index contributed by atoms with van der Waals surface area (Å²) < 4.78 is 4.83. The Morgan fingerprint density at radius 3 is 2.54 bits per heavy atom. The lowest BCUT2D eigenvalue weighted by atomic mass is 9.89. The fourth-order valence-electron chi connectivity index (χ4n) is 2.98. The Morgan fingerprint density at radius 1 is 1.19 bits per heavy atom. The number of nitriles is 1. The zero-order chi connectivity index (χ0) is 19.1. The summed E-state index contributed by atoms with van der Waals surface area (Å²) in [7, 11) is 0. The number of Topliss-reactive ketones (excluding diaryl/α,β-unsaturated/α-hetero) is 2. The summed E-state index contributed by atoms with van der Waals surface area (Å²) in [5.74, 6) is -2.62. The van der Waals surface area contributed by atoms with E-state index in [1.807, 2.05) is 12.1 Å². The van der Waals surface area contributed by atoms with E-state index >= 15 is 0 Å². The van der Waals surface area contributed by atoms with Gasteiger partial charge in [-0.1, -0.05) is 12.1 Å². The fourth-order valence-corrected chi connectivity index (χ4v) is 2.98. The van der Waals surface area contributed by atoms with Crippen LogP contribution in [0.5, 0.6) is 0 Å². The minimum Gasteiger partial charge on any atom is -0.458 e.